The van der Waals surface area contributed by atoms with E-state index in [4.69, 9.17) is 19.4 Å². The molecular formula is C62H84N6O2. The fraction of sp³-hybridized carbons (Fsp3) is 0.645. The molecule has 0 amide bonds. The van der Waals surface area contributed by atoms with Crippen molar-refractivity contribution in [2.24, 2.45) is 0 Å². The molecule has 374 valence electrons. The first-order valence-corrected chi connectivity index (χ1v) is 28.7. The molecule has 8 heteroatoms. The van der Waals surface area contributed by atoms with Gasteiger partial charge in [0, 0.05) is 97.2 Å². The second-order valence-corrected chi connectivity index (χ2v) is 24.1. The Hall–Kier alpha value is -3.50. The Morgan fingerprint density at radius 1 is 0.614 bits per heavy atom. The maximum Gasteiger partial charge on any atom is 0.0691 e. The molecule has 8 atom stereocenters. The molecular weight excluding hydrogens is 861 g/mol. The van der Waals surface area contributed by atoms with E-state index in [9.17, 15) is 0 Å². The fourth-order valence-electron chi connectivity index (χ4n) is 16.5. The molecule has 2 spiro atoms. The van der Waals surface area contributed by atoms with Crippen LogP contribution in [0.15, 0.2) is 79.1 Å². The summed E-state index contributed by atoms with van der Waals surface area (Å²) in [5, 5.41) is 8.37. The molecule has 6 unspecified atom stereocenters. The lowest BCUT2D eigenvalue weighted by atomic mass is 9.67. The molecule has 6 heterocycles. The molecule has 8 aliphatic rings. The van der Waals surface area contributed by atoms with E-state index in [1.165, 1.54) is 100 Å². The van der Waals surface area contributed by atoms with E-state index in [1.54, 1.807) is 33.4 Å². The minimum Gasteiger partial charge on any atom is -0.375 e. The second kappa shape index (κ2) is 19.7. The van der Waals surface area contributed by atoms with Crippen LogP contribution in [0, 0.1) is 0 Å². The topological polar surface area (TPSA) is 74.8 Å². The highest BCUT2D eigenvalue weighted by molar-refractivity contribution is 5.46. The van der Waals surface area contributed by atoms with Gasteiger partial charge in [-0.25, -0.2) is 0 Å². The molecule has 12 rings (SSSR count). The number of rotatable bonds is 16. The van der Waals surface area contributed by atoms with Crippen molar-refractivity contribution in [2.75, 3.05) is 26.3 Å². The van der Waals surface area contributed by atoms with Gasteiger partial charge in [0.05, 0.1) is 11.2 Å². The van der Waals surface area contributed by atoms with E-state index in [0.29, 0.717) is 36.3 Å². The van der Waals surface area contributed by atoms with Crippen molar-refractivity contribution < 1.29 is 9.47 Å². The minimum atomic E-state index is 0.00993. The standard InChI is InChI=1S/C62H84N6O2/c1-4-44(3)67-40-46-14-12-16-49-51(19-21-53(67)57(46)49)64-35-29-60(31-37-70-62(43-60)26-9-10-27-62)56-39-45(23-33-66-56)38-48(5-2)68-41-47-15-13-17-50-52(20-22-54(68)58(47)50)63-34-28-59(55-18-6-11-32-65-55)30-36-69-61(42-59)24-7-8-25-61/h6,11-18,23,32-33,39,44,48,51-54,63-64H,4-5,7-10,19-22,24-31,34-38,40-43H2,1-3H3/t44?,48?,51?,52?,53?,54?,59-,60-/m1/s1. The Labute approximate surface area is 420 Å². The molecule has 70 heavy (non-hydrogen) atoms. The third-order valence-electron chi connectivity index (χ3n) is 20.3. The highest BCUT2D eigenvalue weighted by Crippen LogP contribution is 2.53. The highest BCUT2D eigenvalue weighted by Gasteiger charge is 2.51. The quantitative estimate of drug-likeness (QED) is 0.115. The molecule has 2 saturated heterocycles. The zero-order valence-corrected chi connectivity index (χ0v) is 43.2. The monoisotopic (exact) mass is 945 g/mol. The Morgan fingerprint density at radius 3 is 1.76 bits per heavy atom. The first-order chi connectivity index (χ1) is 34.3. The van der Waals surface area contributed by atoms with E-state index >= 15 is 0 Å². The molecule has 2 saturated carbocycles. The van der Waals surface area contributed by atoms with Crippen molar-refractivity contribution in [3.8, 4) is 0 Å². The largest absolute Gasteiger partial charge is 0.375 e. The van der Waals surface area contributed by atoms with Crippen molar-refractivity contribution in [1.29, 1.82) is 0 Å². The van der Waals surface area contributed by atoms with Crippen molar-refractivity contribution in [1.82, 2.24) is 30.4 Å². The van der Waals surface area contributed by atoms with Crippen LogP contribution in [0.2, 0.25) is 0 Å². The average Bonchev–Trinajstić information content (AvgIpc) is 4.22. The predicted octanol–water partition coefficient (Wildman–Crippen LogP) is 12.8. The number of nitrogens with zero attached hydrogens (tertiary/aromatic N) is 4. The molecule has 2 aromatic heterocycles. The molecule has 4 aliphatic heterocycles. The van der Waals surface area contributed by atoms with Gasteiger partial charge >= 0.3 is 0 Å². The van der Waals surface area contributed by atoms with E-state index in [0.717, 1.165) is 90.8 Å². The van der Waals surface area contributed by atoms with Crippen LogP contribution in [-0.4, -0.2) is 69.4 Å². The van der Waals surface area contributed by atoms with Crippen LogP contribution in [0.25, 0.3) is 0 Å². The second-order valence-electron chi connectivity index (χ2n) is 24.1. The normalized spacial score (nSPS) is 30.7. The lowest BCUT2D eigenvalue weighted by Crippen LogP contribution is -2.48. The number of nitrogens with one attached hydrogen (secondary N) is 2. The number of hydrogen-bond acceptors (Lipinski definition) is 8. The lowest BCUT2D eigenvalue weighted by molar-refractivity contribution is -0.104. The van der Waals surface area contributed by atoms with Gasteiger partial charge in [0.1, 0.15) is 0 Å². The maximum absolute atomic E-state index is 6.79. The van der Waals surface area contributed by atoms with Crippen LogP contribution >= 0.6 is 0 Å². The smallest absolute Gasteiger partial charge is 0.0691 e. The van der Waals surface area contributed by atoms with Gasteiger partial charge < -0.3 is 20.1 Å². The summed E-state index contributed by atoms with van der Waals surface area (Å²) in [6, 6.07) is 28.9. The van der Waals surface area contributed by atoms with Gasteiger partial charge in [-0.15, -0.1) is 0 Å². The zero-order valence-electron chi connectivity index (χ0n) is 43.2. The summed E-state index contributed by atoms with van der Waals surface area (Å²) in [6.07, 6.45) is 29.0. The van der Waals surface area contributed by atoms with E-state index in [2.05, 4.69) is 114 Å². The van der Waals surface area contributed by atoms with Gasteiger partial charge in [-0.2, -0.15) is 0 Å². The van der Waals surface area contributed by atoms with Gasteiger partial charge in [-0.05, 0) is 192 Å². The first-order valence-electron chi connectivity index (χ1n) is 28.7. The molecule has 2 N–H and O–H groups in total. The molecule has 0 bridgehead atoms. The van der Waals surface area contributed by atoms with Gasteiger partial charge in [0.2, 0.25) is 0 Å². The average molecular weight is 945 g/mol. The predicted molar refractivity (Wildman–Crippen MR) is 281 cm³/mol. The van der Waals surface area contributed by atoms with Gasteiger partial charge in [0.15, 0.2) is 0 Å². The van der Waals surface area contributed by atoms with Crippen LogP contribution in [0.4, 0.5) is 0 Å². The summed E-state index contributed by atoms with van der Waals surface area (Å²) in [7, 11) is 0. The Balaban J connectivity index is 0.740. The van der Waals surface area contributed by atoms with Crippen molar-refractivity contribution in [3.05, 3.63) is 129 Å². The number of benzene rings is 2. The third kappa shape index (κ3) is 8.74. The summed E-state index contributed by atoms with van der Waals surface area (Å²) >= 11 is 0. The zero-order chi connectivity index (χ0) is 47.3. The Bertz CT molecular complexity index is 2450. The maximum atomic E-state index is 6.79. The number of pyridine rings is 2. The molecule has 4 aromatic rings. The van der Waals surface area contributed by atoms with Crippen LogP contribution in [0.1, 0.15) is 224 Å². The SMILES string of the molecule is CCC(C)N1Cc2cccc3c2C1CCC3NCC[C@@]1(c2cc(CC(CC)N3Cc4cccc5c4C3CCC5NCC[C@@]3(c4ccccn4)CCOC4(CCCC4)C3)ccn2)CCOC2(CCCC2)C1. The summed E-state index contributed by atoms with van der Waals surface area (Å²) in [5.41, 5.74) is 13.7. The fourth-order valence-corrected chi connectivity index (χ4v) is 16.5. The van der Waals surface area contributed by atoms with Crippen LogP contribution in [-0.2, 0) is 39.8 Å². The number of aromatic nitrogens is 2. The Kier molecular flexibility index (Phi) is 13.4. The van der Waals surface area contributed by atoms with E-state index in [-0.39, 0.29) is 22.0 Å². The molecule has 8 nitrogen and oxygen atoms in total. The van der Waals surface area contributed by atoms with Gasteiger partial charge in [0.25, 0.3) is 0 Å². The van der Waals surface area contributed by atoms with Gasteiger partial charge in [-0.3, -0.25) is 19.8 Å². The van der Waals surface area contributed by atoms with Crippen LogP contribution in [0.3, 0.4) is 0 Å². The summed E-state index contributed by atoms with van der Waals surface area (Å²) in [4.78, 5) is 16.1. The van der Waals surface area contributed by atoms with Crippen LogP contribution < -0.4 is 10.6 Å². The molecule has 4 fully saturated rings. The molecule has 0 radical (unpaired) electrons. The Morgan fingerprint density at radius 2 is 1.19 bits per heavy atom. The first kappa shape index (κ1) is 47.5. The van der Waals surface area contributed by atoms with Crippen molar-refractivity contribution in [2.45, 2.75) is 227 Å². The number of hydrogen-bond donors (Lipinski definition) is 2. The third-order valence-corrected chi connectivity index (χ3v) is 20.3. The summed E-state index contributed by atoms with van der Waals surface area (Å²) < 4.78 is 13.4. The van der Waals surface area contributed by atoms with Crippen molar-refractivity contribution in [3.63, 3.8) is 0 Å². The van der Waals surface area contributed by atoms with Crippen molar-refractivity contribution >= 4 is 0 Å². The minimum absolute atomic E-state index is 0.00993. The molecule has 4 aliphatic carbocycles. The summed E-state index contributed by atoms with van der Waals surface area (Å²) in [6.45, 7) is 13.1. The van der Waals surface area contributed by atoms with E-state index < -0.39 is 0 Å². The van der Waals surface area contributed by atoms with E-state index in [1.807, 2.05) is 6.20 Å². The van der Waals surface area contributed by atoms with Crippen LogP contribution in [0.5, 0.6) is 0 Å². The molecule has 2 aromatic carbocycles. The lowest BCUT2D eigenvalue weighted by Gasteiger charge is -2.47. The summed E-state index contributed by atoms with van der Waals surface area (Å²) in [5.74, 6) is 0. The highest BCUT2D eigenvalue weighted by atomic mass is 16.5. The number of ether oxygens (including phenoxy) is 2. The van der Waals surface area contributed by atoms with Gasteiger partial charge in [-0.1, -0.05) is 82.0 Å².